The van der Waals surface area contributed by atoms with E-state index in [1.807, 2.05) is 4.57 Å². The third-order valence-corrected chi connectivity index (χ3v) is 5.56. The van der Waals surface area contributed by atoms with Crippen molar-refractivity contribution in [3.63, 3.8) is 0 Å². The van der Waals surface area contributed by atoms with Gasteiger partial charge in [-0.05, 0) is 69.4 Å². The Morgan fingerprint density at radius 3 is 2.04 bits per heavy atom. The van der Waals surface area contributed by atoms with Crippen LogP contribution in [-0.2, 0) is 12.8 Å². The van der Waals surface area contributed by atoms with E-state index in [1.54, 1.807) is 12.1 Å². The van der Waals surface area contributed by atoms with Gasteiger partial charge in [0.05, 0.1) is 5.69 Å². The summed E-state index contributed by atoms with van der Waals surface area (Å²) < 4.78 is 15.3. The molecule has 0 radical (unpaired) electrons. The zero-order chi connectivity index (χ0) is 19.2. The van der Waals surface area contributed by atoms with Crippen LogP contribution >= 0.6 is 0 Å². The molecule has 0 unspecified atom stereocenters. The van der Waals surface area contributed by atoms with Crippen molar-refractivity contribution in [2.45, 2.75) is 84.1 Å². The highest BCUT2D eigenvalue weighted by Crippen LogP contribution is 2.28. The molecule has 0 saturated carbocycles. The Balaban J connectivity index is 2.13. The van der Waals surface area contributed by atoms with E-state index in [-0.39, 0.29) is 17.5 Å². The first-order valence-electron chi connectivity index (χ1n) is 10.5. The Morgan fingerprint density at radius 1 is 0.889 bits per heavy atom. The summed E-state index contributed by atoms with van der Waals surface area (Å²) in [5.41, 5.74) is 3.74. The third-order valence-electron chi connectivity index (χ3n) is 5.56. The molecular formula is C23H31FN2O. The van der Waals surface area contributed by atoms with Gasteiger partial charge in [-0.3, -0.25) is 4.57 Å². The molecule has 1 aromatic heterocycles. The fraction of sp³-hybridized carbons (Fsp3) is 0.565. The summed E-state index contributed by atoms with van der Waals surface area (Å²) in [5.74, 6) is -0.266. The van der Waals surface area contributed by atoms with Gasteiger partial charge in [0.1, 0.15) is 5.82 Å². The average Bonchev–Trinajstić information content (AvgIpc) is 2.62. The SMILES string of the molecule is CC(C)n1c2c(c(-c3ccc(F)cc3)nc1=O)CCCCCCCCCC2. The molecule has 0 spiro atoms. The van der Waals surface area contributed by atoms with Crippen molar-refractivity contribution < 1.29 is 4.39 Å². The number of fused-ring (bicyclic) bond motifs is 1. The minimum atomic E-state index is -0.266. The molecule has 2 aromatic rings. The van der Waals surface area contributed by atoms with Gasteiger partial charge in [-0.15, -0.1) is 0 Å². The molecule has 0 saturated heterocycles. The van der Waals surface area contributed by atoms with Crippen LogP contribution in [0, 0.1) is 5.82 Å². The fourth-order valence-corrected chi connectivity index (χ4v) is 4.18. The first-order chi connectivity index (χ1) is 13.1. The molecule has 1 aliphatic carbocycles. The maximum Gasteiger partial charge on any atom is 0.348 e. The molecule has 146 valence electrons. The Labute approximate surface area is 161 Å². The van der Waals surface area contributed by atoms with Gasteiger partial charge in [-0.1, -0.05) is 38.5 Å². The molecule has 0 fully saturated rings. The zero-order valence-corrected chi connectivity index (χ0v) is 16.6. The van der Waals surface area contributed by atoms with Crippen molar-refractivity contribution in [2.24, 2.45) is 0 Å². The van der Waals surface area contributed by atoms with E-state index in [2.05, 4.69) is 18.8 Å². The predicted molar refractivity (Wildman–Crippen MR) is 109 cm³/mol. The minimum absolute atomic E-state index is 0.0916. The standard InChI is InChI=1S/C23H31FN2O/c1-17(2)26-21-12-10-8-6-4-3-5-7-9-11-20(21)22(25-23(26)27)18-13-15-19(24)16-14-18/h13-17H,3-12H2,1-2H3. The van der Waals surface area contributed by atoms with Gasteiger partial charge in [0.2, 0.25) is 0 Å². The van der Waals surface area contributed by atoms with Gasteiger partial charge in [0.15, 0.2) is 0 Å². The van der Waals surface area contributed by atoms with Gasteiger partial charge < -0.3 is 0 Å². The molecule has 0 N–H and O–H groups in total. The number of halogens is 1. The monoisotopic (exact) mass is 370 g/mol. The Morgan fingerprint density at radius 2 is 1.44 bits per heavy atom. The lowest BCUT2D eigenvalue weighted by atomic mass is 9.94. The number of hydrogen-bond donors (Lipinski definition) is 0. The van der Waals surface area contributed by atoms with E-state index >= 15 is 0 Å². The highest BCUT2D eigenvalue weighted by Gasteiger charge is 2.20. The highest BCUT2D eigenvalue weighted by molar-refractivity contribution is 5.63. The van der Waals surface area contributed by atoms with Crippen LogP contribution in [0.2, 0.25) is 0 Å². The summed E-state index contributed by atoms with van der Waals surface area (Å²) in [7, 11) is 0. The van der Waals surface area contributed by atoms with Crippen LogP contribution in [0.15, 0.2) is 29.1 Å². The number of aromatic nitrogens is 2. The summed E-state index contributed by atoms with van der Waals surface area (Å²) in [6, 6.07) is 6.48. The lowest BCUT2D eigenvalue weighted by Gasteiger charge is -2.22. The van der Waals surface area contributed by atoms with E-state index in [4.69, 9.17) is 0 Å². The van der Waals surface area contributed by atoms with E-state index in [0.717, 1.165) is 42.6 Å². The third kappa shape index (κ3) is 4.85. The molecule has 3 nitrogen and oxygen atoms in total. The maximum absolute atomic E-state index is 13.4. The Bertz CT molecular complexity index is 808. The smallest absolute Gasteiger partial charge is 0.293 e. The maximum atomic E-state index is 13.4. The predicted octanol–water partition coefficient (Wildman–Crippen LogP) is 5.85. The molecule has 1 heterocycles. The van der Waals surface area contributed by atoms with Gasteiger partial charge in [-0.2, -0.15) is 4.98 Å². The van der Waals surface area contributed by atoms with E-state index < -0.39 is 0 Å². The Hall–Kier alpha value is -1.97. The van der Waals surface area contributed by atoms with Crippen LogP contribution in [-0.4, -0.2) is 9.55 Å². The van der Waals surface area contributed by atoms with Crippen LogP contribution in [0.5, 0.6) is 0 Å². The number of nitrogens with zero attached hydrogens (tertiary/aromatic N) is 2. The molecule has 1 aromatic carbocycles. The number of benzene rings is 1. The van der Waals surface area contributed by atoms with Crippen LogP contribution in [0.1, 0.15) is 82.5 Å². The second-order valence-electron chi connectivity index (χ2n) is 7.97. The highest BCUT2D eigenvalue weighted by atomic mass is 19.1. The second kappa shape index (κ2) is 9.29. The van der Waals surface area contributed by atoms with Crippen LogP contribution in [0.25, 0.3) is 11.3 Å². The zero-order valence-electron chi connectivity index (χ0n) is 16.6. The topological polar surface area (TPSA) is 34.9 Å². The lowest BCUT2D eigenvalue weighted by Crippen LogP contribution is -2.30. The normalized spacial score (nSPS) is 16.4. The second-order valence-corrected chi connectivity index (χ2v) is 7.97. The van der Waals surface area contributed by atoms with Gasteiger partial charge in [0, 0.05) is 17.3 Å². The van der Waals surface area contributed by atoms with Crippen molar-refractivity contribution >= 4 is 0 Å². The molecule has 1 aliphatic rings. The van der Waals surface area contributed by atoms with Crippen molar-refractivity contribution in [1.29, 1.82) is 0 Å². The molecule has 0 aliphatic heterocycles. The van der Waals surface area contributed by atoms with Crippen LogP contribution < -0.4 is 5.69 Å². The summed E-state index contributed by atoms with van der Waals surface area (Å²) in [4.78, 5) is 17.3. The largest absolute Gasteiger partial charge is 0.348 e. The summed E-state index contributed by atoms with van der Waals surface area (Å²) in [6.07, 6.45) is 11.7. The molecule has 0 bridgehead atoms. The molecule has 27 heavy (non-hydrogen) atoms. The van der Waals surface area contributed by atoms with E-state index in [9.17, 15) is 9.18 Å². The number of rotatable bonds is 2. The quantitative estimate of drug-likeness (QED) is 0.664. The van der Waals surface area contributed by atoms with E-state index in [0.29, 0.717) is 0 Å². The van der Waals surface area contributed by atoms with Crippen LogP contribution in [0.3, 0.4) is 0 Å². The van der Waals surface area contributed by atoms with Gasteiger partial charge in [0.25, 0.3) is 0 Å². The van der Waals surface area contributed by atoms with Gasteiger partial charge >= 0.3 is 5.69 Å². The molecule has 0 atom stereocenters. The van der Waals surface area contributed by atoms with Crippen molar-refractivity contribution in [3.8, 4) is 11.3 Å². The lowest BCUT2D eigenvalue weighted by molar-refractivity contribution is 0.505. The molecule has 0 amide bonds. The molecule has 3 rings (SSSR count). The van der Waals surface area contributed by atoms with E-state index in [1.165, 1.54) is 56.2 Å². The molecule has 4 heteroatoms. The Kier molecular flexibility index (Phi) is 6.81. The van der Waals surface area contributed by atoms with Crippen molar-refractivity contribution in [2.75, 3.05) is 0 Å². The van der Waals surface area contributed by atoms with Crippen LogP contribution in [0.4, 0.5) is 4.39 Å². The van der Waals surface area contributed by atoms with Crippen molar-refractivity contribution in [1.82, 2.24) is 9.55 Å². The fourth-order valence-electron chi connectivity index (χ4n) is 4.18. The summed E-state index contributed by atoms with van der Waals surface area (Å²) in [5, 5.41) is 0. The summed E-state index contributed by atoms with van der Waals surface area (Å²) >= 11 is 0. The molecular weight excluding hydrogens is 339 g/mol. The first-order valence-corrected chi connectivity index (χ1v) is 10.5. The summed E-state index contributed by atoms with van der Waals surface area (Å²) in [6.45, 7) is 4.11. The average molecular weight is 371 g/mol. The minimum Gasteiger partial charge on any atom is -0.293 e. The van der Waals surface area contributed by atoms with Gasteiger partial charge in [-0.25, -0.2) is 9.18 Å². The first kappa shape index (κ1) is 19.8. The van der Waals surface area contributed by atoms with Crippen molar-refractivity contribution in [3.05, 3.63) is 51.8 Å². The number of hydrogen-bond acceptors (Lipinski definition) is 2.